The first-order chi connectivity index (χ1) is 21.1. The number of amides is 1. The van der Waals surface area contributed by atoms with Crippen LogP contribution in [0.25, 0.3) is 10.8 Å². The number of aromatic nitrogens is 1. The molecule has 1 aromatic heterocycles. The number of fused-ring (bicyclic) bond motifs is 1. The molecule has 0 radical (unpaired) electrons. The van der Waals surface area contributed by atoms with Gasteiger partial charge in [-0.2, -0.15) is 0 Å². The zero-order valence-corrected chi connectivity index (χ0v) is 24.5. The largest absolute Gasteiger partial charge is 0.457 e. The van der Waals surface area contributed by atoms with Crippen molar-refractivity contribution in [2.24, 2.45) is 0 Å². The third-order valence-corrected chi connectivity index (χ3v) is 6.50. The van der Waals surface area contributed by atoms with Gasteiger partial charge in [0.25, 0.3) is 0 Å². The highest BCUT2D eigenvalue weighted by Gasteiger charge is 2.21. The van der Waals surface area contributed by atoms with Crippen molar-refractivity contribution in [3.63, 3.8) is 0 Å². The number of pyridine rings is 1. The molecule has 8 nitrogen and oxygen atoms in total. The molecule has 4 aromatic carbocycles. The number of hydrogen-bond donors (Lipinski definition) is 3. The molecule has 0 spiro atoms. The van der Waals surface area contributed by atoms with Crippen LogP contribution in [0.1, 0.15) is 48.4 Å². The van der Waals surface area contributed by atoms with Crippen molar-refractivity contribution < 1.29 is 24.2 Å². The molecule has 0 fully saturated rings. The van der Waals surface area contributed by atoms with E-state index in [2.05, 4.69) is 21.5 Å². The van der Waals surface area contributed by atoms with E-state index in [1.807, 2.05) is 24.3 Å². The number of anilines is 3. The number of terminal acetylenes is 1. The predicted octanol–water partition coefficient (Wildman–Crippen LogP) is 8.02. The Bertz CT molecular complexity index is 1870. The maximum atomic E-state index is 12.9. The van der Waals surface area contributed by atoms with Crippen molar-refractivity contribution in [1.82, 2.24) is 4.98 Å². The average molecular weight is 586 g/mol. The first kappa shape index (κ1) is 29.8. The monoisotopic (exact) mass is 585 g/mol. The van der Waals surface area contributed by atoms with Crippen molar-refractivity contribution in [2.75, 3.05) is 10.6 Å². The molecular formula is C36H31N3O5. The van der Waals surface area contributed by atoms with Crippen LogP contribution in [-0.2, 0) is 4.74 Å². The van der Waals surface area contributed by atoms with E-state index < -0.39 is 23.6 Å². The summed E-state index contributed by atoms with van der Waals surface area (Å²) in [6, 6.07) is 28.1. The smallest absolute Gasteiger partial charge is 0.412 e. The van der Waals surface area contributed by atoms with E-state index in [0.29, 0.717) is 45.4 Å². The lowest BCUT2D eigenvalue weighted by Crippen LogP contribution is -2.27. The Hall–Kier alpha value is -5.65. The van der Waals surface area contributed by atoms with Gasteiger partial charge in [0.15, 0.2) is 5.78 Å². The number of aliphatic hydroxyl groups excluding tert-OH is 1. The summed E-state index contributed by atoms with van der Waals surface area (Å²) in [4.78, 5) is 29.7. The lowest BCUT2D eigenvalue weighted by molar-refractivity contribution is 0.0635. The fraction of sp³-hybridized carbons (Fsp3) is 0.139. The van der Waals surface area contributed by atoms with Crippen LogP contribution in [0, 0.1) is 12.3 Å². The van der Waals surface area contributed by atoms with Crippen LogP contribution >= 0.6 is 0 Å². The maximum absolute atomic E-state index is 12.9. The molecule has 1 heterocycles. The molecule has 0 aliphatic rings. The zero-order chi connectivity index (χ0) is 31.3. The number of carbonyl (C=O) groups excluding carboxylic acids is 2. The fourth-order valence-corrected chi connectivity index (χ4v) is 4.58. The molecule has 1 unspecified atom stereocenters. The number of ether oxygens (including phenoxy) is 2. The van der Waals surface area contributed by atoms with Crippen LogP contribution in [0.2, 0.25) is 0 Å². The number of carbonyl (C=O) groups is 2. The van der Waals surface area contributed by atoms with E-state index in [-0.39, 0.29) is 0 Å². The van der Waals surface area contributed by atoms with Gasteiger partial charge in [-0.1, -0.05) is 60.5 Å². The lowest BCUT2D eigenvalue weighted by atomic mass is 9.98. The SMILES string of the molecule is C#Cc1cc(Nc2cc(Oc3ccc(NC(=O)OC(C)(C)C)c4ccccc34)ccn2)cc(C(O)C(=O)c2ccccc2)c1. The van der Waals surface area contributed by atoms with Gasteiger partial charge in [0.05, 0.1) is 5.69 Å². The Morgan fingerprint density at radius 2 is 1.64 bits per heavy atom. The van der Waals surface area contributed by atoms with Gasteiger partial charge >= 0.3 is 6.09 Å². The second-order valence-electron chi connectivity index (χ2n) is 11.0. The van der Waals surface area contributed by atoms with E-state index >= 15 is 0 Å². The van der Waals surface area contributed by atoms with E-state index in [0.717, 1.165) is 10.8 Å². The highest BCUT2D eigenvalue weighted by molar-refractivity contribution is 6.03. The molecule has 0 saturated heterocycles. The number of ketones is 1. The van der Waals surface area contributed by atoms with Gasteiger partial charge in [0.1, 0.15) is 29.0 Å². The van der Waals surface area contributed by atoms with E-state index in [9.17, 15) is 14.7 Å². The molecule has 5 aromatic rings. The van der Waals surface area contributed by atoms with Crippen LogP contribution < -0.4 is 15.4 Å². The van der Waals surface area contributed by atoms with Crippen molar-refractivity contribution in [1.29, 1.82) is 0 Å². The van der Waals surface area contributed by atoms with Crippen LogP contribution in [-0.4, -0.2) is 27.6 Å². The summed E-state index contributed by atoms with van der Waals surface area (Å²) in [6.45, 7) is 5.42. The van der Waals surface area contributed by atoms with Crippen LogP contribution in [0.3, 0.4) is 0 Å². The molecule has 0 aliphatic heterocycles. The molecule has 0 bridgehead atoms. The van der Waals surface area contributed by atoms with Gasteiger partial charge in [-0.25, -0.2) is 9.78 Å². The minimum Gasteiger partial charge on any atom is -0.457 e. The molecule has 44 heavy (non-hydrogen) atoms. The number of benzene rings is 4. The van der Waals surface area contributed by atoms with Crippen molar-refractivity contribution >= 4 is 39.8 Å². The van der Waals surface area contributed by atoms with Gasteiger partial charge in [-0.15, -0.1) is 6.42 Å². The highest BCUT2D eigenvalue weighted by Crippen LogP contribution is 2.35. The number of nitrogens with zero attached hydrogens (tertiary/aromatic N) is 1. The number of rotatable bonds is 8. The first-order valence-electron chi connectivity index (χ1n) is 13.9. The fourth-order valence-electron chi connectivity index (χ4n) is 4.58. The molecule has 0 aliphatic carbocycles. The van der Waals surface area contributed by atoms with Crippen LogP contribution in [0.4, 0.5) is 22.0 Å². The maximum Gasteiger partial charge on any atom is 0.412 e. The average Bonchev–Trinajstić information content (AvgIpc) is 3.01. The number of aliphatic hydroxyl groups is 1. The van der Waals surface area contributed by atoms with Gasteiger partial charge in [-0.05, 0) is 62.7 Å². The standard InChI is InChI=1S/C36H31N3O5/c1-5-23-19-25(34(41)33(40)24-11-7-6-8-12-24)21-26(20-23)38-32-22-27(17-18-37-32)43-31-16-15-30(28-13-9-10-14-29(28)31)39-35(42)44-36(2,3)4/h1,6-22,34,41H,2-4H3,(H,37,38)(H,39,42). The van der Waals surface area contributed by atoms with E-state index in [1.54, 1.807) is 99.8 Å². The van der Waals surface area contributed by atoms with Crippen molar-refractivity contribution in [2.45, 2.75) is 32.5 Å². The summed E-state index contributed by atoms with van der Waals surface area (Å²) in [5.41, 5.74) is 1.76. The van der Waals surface area contributed by atoms with Crippen molar-refractivity contribution in [3.8, 4) is 23.8 Å². The van der Waals surface area contributed by atoms with E-state index in [4.69, 9.17) is 15.9 Å². The Labute approximate surface area is 255 Å². The molecule has 0 saturated carbocycles. The molecular weight excluding hydrogens is 554 g/mol. The lowest BCUT2D eigenvalue weighted by Gasteiger charge is -2.20. The summed E-state index contributed by atoms with van der Waals surface area (Å²) >= 11 is 0. The second-order valence-corrected chi connectivity index (χ2v) is 11.0. The third-order valence-electron chi connectivity index (χ3n) is 6.50. The van der Waals surface area contributed by atoms with Gasteiger partial charge in [-0.3, -0.25) is 10.1 Å². The van der Waals surface area contributed by atoms with Gasteiger partial charge in [0.2, 0.25) is 0 Å². The topological polar surface area (TPSA) is 110 Å². The minimum absolute atomic E-state index is 0.357. The molecule has 1 amide bonds. The minimum atomic E-state index is -1.39. The zero-order valence-electron chi connectivity index (χ0n) is 24.5. The Morgan fingerprint density at radius 1 is 0.909 bits per heavy atom. The summed E-state index contributed by atoms with van der Waals surface area (Å²) < 4.78 is 11.7. The Balaban J connectivity index is 1.37. The number of nitrogens with one attached hydrogen (secondary N) is 2. The molecule has 220 valence electrons. The molecule has 3 N–H and O–H groups in total. The Morgan fingerprint density at radius 3 is 2.36 bits per heavy atom. The summed E-state index contributed by atoms with van der Waals surface area (Å²) in [7, 11) is 0. The quantitative estimate of drug-likeness (QED) is 0.125. The normalized spacial score (nSPS) is 11.7. The predicted molar refractivity (Wildman–Crippen MR) is 172 cm³/mol. The highest BCUT2D eigenvalue weighted by atomic mass is 16.6. The van der Waals surface area contributed by atoms with Crippen LogP contribution in [0.5, 0.6) is 11.5 Å². The molecule has 8 heteroatoms. The van der Waals surface area contributed by atoms with Crippen molar-refractivity contribution in [3.05, 3.63) is 120 Å². The summed E-state index contributed by atoms with van der Waals surface area (Å²) in [5.74, 6) is 3.68. The number of hydrogen-bond acceptors (Lipinski definition) is 7. The molecule has 5 rings (SSSR count). The second kappa shape index (κ2) is 12.7. The van der Waals surface area contributed by atoms with Gasteiger partial charge in [0, 0.05) is 39.8 Å². The summed E-state index contributed by atoms with van der Waals surface area (Å²) in [5, 5.41) is 18.4. The molecule has 1 atom stereocenters. The Kier molecular flexibility index (Phi) is 8.61. The van der Waals surface area contributed by atoms with Crippen LogP contribution in [0.15, 0.2) is 103 Å². The first-order valence-corrected chi connectivity index (χ1v) is 13.9. The summed E-state index contributed by atoms with van der Waals surface area (Å²) in [6.07, 6.45) is 5.33. The van der Waals surface area contributed by atoms with Gasteiger partial charge < -0.3 is 19.9 Å². The number of Topliss-reactive ketones (excluding diaryl/α,β-unsaturated/α-hetero) is 1. The van der Waals surface area contributed by atoms with E-state index in [1.165, 1.54) is 0 Å². The third kappa shape index (κ3) is 7.21.